The SMILES string of the molecule is COc1cc(C(=O)N2CCCC23CCCN(CCc2ccccc2)C3=O)ccn1. The molecule has 2 aliphatic heterocycles. The lowest BCUT2D eigenvalue weighted by atomic mass is 9.85. The third kappa shape index (κ3) is 3.71. The summed E-state index contributed by atoms with van der Waals surface area (Å²) in [4.78, 5) is 34.7. The van der Waals surface area contributed by atoms with Crippen molar-refractivity contribution in [2.45, 2.75) is 37.6 Å². The Balaban J connectivity index is 1.53. The van der Waals surface area contributed by atoms with Crippen LogP contribution in [0.3, 0.4) is 0 Å². The number of methoxy groups -OCH3 is 1. The first-order valence-corrected chi connectivity index (χ1v) is 10.3. The summed E-state index contributed by atoms with van der Waals surface area (Å²) in [5.74, 6) is 0.400. The third-order valence-corrected chi connectivity index (χ3v) is 6.14. The zero-order valence-electron chi connectivity index (χ0n) is 16.8. The van der Waals surface area contributed by atoms with E-state index in [2.05, 4.69) is 17.1 Å². The van der Waals surface area contributed by atoms with Gasteiger partial charge in [-0.2, -0.15) is 0 Å². The summed E-state index contributed by atoms with van der Waals surface area (Å²) in [6, 6.07) is 13.6. The minimum absolute atomic E-state index is 0.103. The summed E-state index contributed by atoms with van der Waals surface area (Å²) >= 11 is 0. The van der Waals surface area contributed by atoms with Gasteiger partial charge in [-0.05, 0) is 43.7 Å². The largest absolute Gasteiger partial charge is 0.481 e. The van der Waals surface area contributed by atoms with Gasteiger partial charge in [0.25, 0.3) is 5.91 Å². The second-order valence-corrected chi connectivity index (χ2v) is 7.81. The highest BCUT2D eigenvalue weighted by Crippen LogP contribution is 2.39. The molecule has 1 aromatic carbocycles. The first-order chi connectivity index (χ1) is 14.1. The third-order valence-electron chi connectivity index (χ3n) is 6.14. The van der Waals surface area contributed by atoms with Crippen LogP contribution in [0.15, 0.2) is 48.7 Å². The van der Waals surface area contributed by atoms with Crippen LogP contribution < -0.4 is 4.74 Å². The predicted molar refractivity (Wildman–Crippen MR) is 110 cm³/mol. The van der Waals surface area contributed by atoms with Crippen LogP contribution in [0, 0.1) is 0 Å². The van der Waals surface area contributed by atoms with Crippen LogP contribution in [0.1, 0.15) is 41.6 Å². The van der Waals surface area contributed by atoms with E-state index in [4.69, 9.17) is 4.74 Å². The molecule has 3 heterocycles. The number of piperidine rings is 1. The summed E-state index contributed by atoms with van der Waals surface area (Å²) in [5.41, 5.74) is 1.04. The highest BCUT2D eigenvalue weighted by atomic mass is 16.5. The first-order valence-electron chi connectivity index (χ1n) is 10.3. The number of ether oxygens (including phenoxy) is 1. The molecular formula is C23H27N3O3. The van der Waals surface area contributed by atoms with Crippen molar-refractivity contribution in [3.8, 4) is 5.88 Å². The fourth-order valence-corrected chi connectivity index (χ4v) is 4.65. The minimum Gasteiger partial charge on any atom is -0.481 e. The van der Waals surface area contributed by atoms with Crippen molar-refractivity contribution < 1.29 is 14.3 Å². The summed E-state index contributed by atoms with van der Waals surface area (Å²) in [5, 5.41) is 0. The number of nitrogens with zero attached hydrogens (tertiary/aromatic N) is 3. The number of carbonyl (C=O) groups excluding carboxylic acids is 2. The Labute approximate surface area is 171 Å². The number of amides is 2. The molecule has 0 aliphatic carbocycles. The lowest BCUT2D eigenvalue weighted by molar-refractivity contribution is -0.145. The topological polar surface area (TPSA) is 62.7 Å². The van der Waals surface area contributed by atoms with Crippen LogP contribution in [0.4, 0.5) is 0 Å². The number of hydrogen-bond acceptors (Lipinski definition) is 4. The molecule has 1 unspecified atom stereocenters. The number of pyridine rings is 1. The van der Waals surface area contributed by atoms with E-state index in [-0.39, 0.29) is 11.8 Å². The second-order valence-electron chi connectivity index (χ2n) is 7.81. The summed E-state index contributed by atoms with van der Waals surface area (Å²) in [7, 11) is 1.53. The molecule has 0 bridgehead atoms. The minimum atomic E-state index is -0.706. The van der Waals surface area contributed by atoms with E-state index in [9.17, 15) is 9.59 Å². The van der Waals surface area contributed by atoms with Crippen molar-refractivity contribution in [1.29, 1.82) is 0 Å². The molecule has 152 valence electrons. The fraction of sp³-hybridized carbons (Fsp3) is 0.435. The van der Waals surface area contributed by atoms with Gasteiger partial charge in [-0.25, -0.2) is 4.98 Å². The van der Waals surface area contributed by atoms with E-state index in [1.165, 1.54) is 12.7 Å². The maximum atomic E-state index is 13.5. The monoisotopic (exact) mass is 393 g/mol. The van der Waals surface area contributed by atoms with Gasteiger partial charge < -0.3 is 14.5 Å². The summed E-state index contributed by atoms with van der Waals surface area (Å²) < 4.78 is 5.16. The molecular weight excluding hydrogens is 366 g/mol. The van der Waals surface area contributed by atoms with Gasteiger partial charge in [0, 0.05) is 37.5 Å². The standard InChI is InChI=1S/C23H27N3O3/c1-29-20-17-19(9-13-24-20)21(27)26-15-6-12-23(26)11-5-14-25(22(23)28)16-10-18-7-3-2-4-8-18/h2-4,7-9,13,17H,5-6,10-12,14-16H2,1H3. The molecule has 4 rings (SSSR count). The van der Waals surface area contributed by atoms with Gasteiger partial charge in [-0.15, -0.1) is 0 Å². The highest BCUT2D eigenvalue weighted by molar-refractivity contribution is 6.00. The van der Waals surface area contributed by atoms with Crippen molar-refractivity contribution in [3.63, 3.8) is 0 Å². The van der Waals surface area contributed by atoms with Crippen molar-refractivity contribution in [2.75, 3.05) is 26.7 Å². The number of likely N-dealkylation sites (tertiary alicyclic amines) is 2. The molecule has 2 fully saturated rings. The van der Waals surface area contributed by atoms with E-state index in [1.807, 2.05) is 23.1 Å². The van der Waals surface area contributed by atoms with Crippen LogP contribution in [0.25, 0.3) is 0 Å². The van der Waals surface area contributed by atoms with Crippen LogP contribution in [-0.2, 0) is 11.2 Å². The number of rotatable bonds is 5. The average molecular weight is 393 g/mol. The van der Waals surface area contributed by atoms with Crippen molar-refractivity contribution in [1.82, 2.24) is 14.8 Å². The molecule has 1 spiro atoms. The zero-order chi connectivity index (χ0) is 20.3. The molecule has 1 atom stereocenters. The lowest BCUT2D eigenvalue weighted by Crippen LogP contribution is -2.61. The summed E-state index contributed by atoms with van der Waals surface area (Å²) in [6.45, 7) is 2.07. The van der Waals surface area contributed by atoms with Gasteiger partial charge in [0.1, 0.15) is 5.54 Å². The average Bonchev–Trinajstić information content (AvgIpc) is 3.19. The molecule has 2 saturated heterocycles. The number of aromatic nitrogens is 1. The molecule has 6 nitrogen and oxygen atoms in total. The number of hydrogen-bond donors (Lipinski definition) is 0. The normalized spacial score (nSPS) is 21.6. The molecule has 2 aromatic rings. The fourth-order valence-electron chi connectivity index (χ4n) is 4.65. The highest BCUT2D eigenvalue weighted by Gasteiger charge is 2.52. The Hall–Kier alpha value is -2.89. The maximum Gasteiger partial charge on any atom is 0.255 e. The predicted octanol–water partition coefficient (Wildman–Crippen LogP) is 2.93. The van der Waals surface area contributed by atoms with E-state index in [0.29, 0.717) is 24.5 Å². The number of carbonyl (C=O) groups is 2. The Morgan fingerprint density at radius 2 is 1.90 bits per heavy atom. The first kappa shape index (κ1) is 19.4. The van der Waals surface area contributed by atoms with Gasteiger partial charge in [-0.1, -0.05) is 30.3 Å². The molecule has 1 aromatic heterocycles. The molecule has 2 aliphatic rings. The van der Waals surface area contributed by atoms with Gasteiger partial charge in [0.05, 0.1) is 7.11 Å². The van der Waals surface area contributed by atoms with E-state index in [1.54, 1.807) is 23.2 Å². The van der Waals surface area contributed by atoms with Crippen LogP contribution in [-0.4, -0.2) is 58.9 Å². The molecule has 6 heteroatoms. The Kier molecular flexibility index (Phi) is 5.51. The van der Waals surface area contributed by atoms with Crippen molar-refractivity contribution >= 4 is 11.8 Å². The van der Waals surface area contributed by atoms with Crippen molar-refractivity contribution in [3.05, 3.63) is 59.8 Å². The molecule has 29 heavy (non-hydrogen) atoms. The molecule has 2 amide bonds. The summed E-state index contributed by atoms with van der Waals surface area (Å²) in [6.07, 6.45) is 5.65. The van der Waals surface area contributed by atoms with Crippen LogP contribution in [0.5, 0.6) is 5.88 Å². The quantitative estimate of drug-likeness (QED) is 0.784. The van der Waals surface area contributed by atoms with Crippen LogP contribution in [0.2, 0.25) is 0 Å². The van der Waals surface area contributed by atoms with Gasteiger partial charge in [-0.3, -0.25) is 9.59 Å². The Bertz CT molecular complexity index is 886. The zero-order valence-corrected chi connectivity index (χ0v) is 16.8. The number of benzene rings is 1. The van der Waals surface area contributed by atoms with Gasteiger partial charge in [0.2, 0.25) is 11.8 Å². The van der Waals surface area contributed by atoms with E-state index < -0.39 is 5.54 Å². The molecule has 0 saturated carbocycles. The Morgan fingerprint density at radius 3 is 2.66 bits per heavy atom. The lowest BCUT2D eigenvalue weighted by Gasteiger charge is -2.44. The second kappa shape index (κ2) is 8.23. The van der Waals surface area contributed by atoms with Gasteiger partial charge >= 0.3 is 0 Å². The van der Waals surface area contributed by atoms with Gasteiger partial charge in [0.15, 0.2) is 0 Å². The van der Waals surface area contributed by atoms with Crippen LogP contribution >= 0.6 is 0 Å². The van der Waals surface area contributed by atoms with Crippen molar-refractivity contribution in [2.24, 2.45) is 0 Å². The smallest absolute Gasteiger partial charge is 0.255 e. The maximum absolute atomic E-state index is 13.5. The Morgan fingerprint density at radius 1 is 1.14 bits per heavy atom. The van der Waals surface area contributed by atoms with E-state index in [0.717, 1.165) is 38.6 Å². The van der Waals surface area contributed by atoms with E-state index >= 15 is 0 Å². The molecule has 0 radical (unpaired) electrons. The molecule has 0 N–H and O–H groups in total.